The van der Waals surface area contributed by atoms with E-state index >= 15 is 0 Å². The van der Waals surface area contributed by atoms with Gasteiger partial charge >= 0.3 is 0 Å². The monoisotopic (exact) mass is 332 g/mol. The van der Waals surface area contributed by atoms with Crippen LogP contribution in [0.15, 0.2) is 15.4 Å². The summed E-state index contributed by atoms with van der Waals surface area (Å²) in [5, 5.41) is 2.89. The molecule has 1 saturated carbocycles. The van der Waals surface area contributed by atoms with Gasteiger partial charge in [0, 0.05) is 41.9 Å². The number of rotatable bonds is 4. The fraction of sp³-hybridized carbons (Fsp3) is 0.615. The molecule has 1 saturated heterocycles. The number of hydrogen-bond donors (Lipinski definition) is 1. The lowest BCUT2D eigenvalue weighted by Gasteiger charge is -2.15. The van der Waals surface area contributed by atoms with Crippen molar-refractivity contribution in [2.75, 3.05) is 13.1 Å². The molecule has 0 radical (unpaired) electrons. The highest BCUT2D eigenvalue weighted by Gasteiger charge is 2.35. The second-order valence-electron chi connectivity index (χ2n) is 5.65. The standard InChI is InChI=1S/C13H17ClN2O4S/c1-8-12(21(14,18)19)6-11(20-8)13(17)15-9-4-5-16(7-9)10-2-3-10/h6,9-10H,2-5,7H2,1H3,(H,15,17). The van der Waals surface area contributed by atoms with Crippen molar-refractivity contribution in [3.8, 4) is 0 Å². The quantitative estimate of drug-likeness (QED) is 0.845. The second kappa shape index (κ2) is 5.30. The highest BCUT2D eigenvalue weighted by molar-refractivity contribution is 8.13. The summed E-state index contributed by atoms with van der Waals surface area (Å²) in [5.74, 6) is -0.287. The van der Waals surface area contributed by atoms with E-state index in [1.165, 1.54) is 25.8 Å². The summed E-state index contributed by atoms with van der Waals surface area (Å²) < 4.78 is 27.9. The van der Waals surface area contributed by atoms with Gasteiger partial charge in [0.1, 0.15) is 10.7 Å². The third-order valence-corrected chi connectivity index (χ3v) is 5.41. The van der Waals surface area contributed by atoms with Gasteiger partial charge in [0.2, 0.25) is 0 Å². The molecule has 116 valence electrons. The molecule has 1 aliphatic carbocycles. The Balaban J connectivity index is 1.66. The summed E-state index contributed by atoms with van der Waals surface area (Å²) in [6, 6.07) is 1.95. The molecule has 2 heterocycles. The van der Waals surface area contributed by atoms with Crippen molar-refractivity contribution in [3.63, 3.8) is 0 Å². The minimum absolute atomic E-state index is 0.0170. The van der Waals surface area contributed by atoms with Crippen molar-refractivity contribution >= 4 is 25.6 Å². The summed E-state index contributed by atoms with van der Waals surface area (Å²) in [4.78, 5) is 14.4. The van der Waals surface area contributed by atoms with Crippen LogP contribution in [0.2, 0.25) is 0 Å². The Morgan fingerprint density at radius 3 is 2.71 bits per heavy atom. The topological polar surface area (TPSA) is 79.6 Å². The third kappa shape index (κ3) is 3.25. The average molecular weight is 333 g/mol. The summed E-state index contributed by atoms with van der Waals surface area (Å²) in [5.41, 5.74) is 0. The van der Waals surface area contributed by atoms with Gasteiger partial charge in [-0.3, -0.25) is 9.69 Å². The molecule has 0 spiro atoms. The fourth-order valence-corrected chi connectivity index (χ4v) is 3.84. The average Bonchev–Trinajstić information content (AvgIpc) is 2.99. The zero-order valence-corrected chi connectivity index (χ0v) is 13.2. The first-order valence-electron chi connectivity index (χ1n) is 6.94. The second-order valence-corrected chi connectivity index (χ2v) is 8.19. The number of halogens is 1. The molecule has 2 aliphatic rings. The maximum Gasteiger partial charge on any atom is 0.287 e. The summed E-state index contributed by atoms with van der Waals surface area (Å²) in [6.45, 7) is 3.31. The van der Waals surface area contributed by atoms with Gasteiger partial charge in [-0.05, 0) is 26.2 Å². The Morgan fingerprint density at radius 2 is 2.14 bits per heavy atom. The SMILES string of the molecule is Cc1oc(C(=O)NC2CCN(C3CC3)C2)cc1S(=O)(=O)Cl. The largest absolute Gasteiger partial charge is 0.455 e. The van der Waals surface area contributed by atoms with Crippen LogP contribution in [-0.2, 0) is 9.05 Å². The Kier molecular flexibility index (Phi) is 3.75. The highest BCUT2D eigenvalue weighted by Crippen LogP contribution is 2.30. The molecule has 8 heteroatoms. The number of furan rings is 1. The first-order valence-corrected chi connectivity index (χ1v) is 9.25. The van der Waals surface area contributed by atoms with Crippen LogP contribution < -0.4 is 5.32 Å². The van der Waals surface area contributed by atoms with Gasteiger partial charge < -0.3 is 9.73 Å². The maximum absolute atomic E-state index is 12.1. The molecule has 1 atom stereocenters. The van der Waals surface area contributed by atoms with Crippen LogP contribution in [-0.4, -0.2) is 44.4 Å². The van der Waals surface area contributed by atoms with E-state index in [9.17, 15) is 13.2 Å². The van der Waals surface area contributed by atoms with E-state index < -0.39 is 15.0 Å². The molecule has 0 aromatic carbocycles. The van der Waals surface area contributed by atoms with Crippen molar-refractivity contribution in [2.24, 2.45) is 0 Å². The van der Waals surface area contributed by atoms with Crippen molar-refractivity contribution < 1.29 is 17.6 Å². The van der Waals surface area contributed by atoms with E-state index in [2.05, 4.69) is 10.2 Å². The molecular formula is C13H17ClN2O4S. The van der Waals surface area contributed by atoms with Crippen molar-refractivity contribution in [2.45, 2.75) is 43.2 Å². The number of amides is 1. The van der Waals surface area contributed by atoms with Gasteiger partial charge in [-0.1, -0.05) is 0 Å². The number of carbonyl (C=O) groups excluding carboxylic acids is 1. The van der Waals surface area contributed by atoms with Gasteiger partial charge in [0.25, 0.3) is 15.0 Å². The lowest BCUT2D eigenvalue weighted by atomic mass is 10.2. The molecule has 1 unspecified atom stereocenters. The van der Waals surface area contributed by atoms with Crippen LogP contribution in [0.1, 0.15) is 35.6 Å². The predicted octanol–water partition coefficient (Wildman–Crippen LogP) is 1.48. The van der Waals surface area contributed by atoms with Crippen LogP contribution in [0.4, 0.5) is 0 Å². The molecule has 1 amide bonds. The number of likely N-dealkylation sites (tertiary alicyclic amines) is 1. The number of aryl methyl sites for hydroxylation is 1. The fourth-order valence-electron chi connectivity index (χ4n) is 2.75. The molecule has 1 aromatic rings. The van der Waals surface area contributed by atoms with E-state index in [4.69, 9.17) is 15.1 Å². The molecular weight excluding hydrogens is 316 g/mol. The Hall–Kier alpha value is -1.05. The summed E-state index contributed by atoms with van der Waals surface area (Å²) in [7, 11) is 1.39. The van der Waals surface area contributed by atoms with E-state index in [0.717, 1.165) is 19.5 Å². The van der Waals surface area contributed by atoms with Crippen molar-refractivity contribution in [3.05, 3.63) is 17.6 Å². The van der Waals surface area contributed by atoms with Crippen molar-refractivity contribution in [1.29, 1.82) is 0 Å². The van der Waals surface area contributed by atoms with E-state index in [0.29, 0.717) is 6.04 Å². The Labute approximate surface area is 127 Å². The third-order valence-electron chi connectivity index (χ3n) is 3.98. The van der Waals surface area contributed by atoms with Gasteiger partial charge in [-0.15, -0.1) is 0 Å². The van der Waals surface area contributed by atoms with Crippen LogP contribution in [0.25, 0.3) is 0 Å². The normalized spacial score (nSPS) is 23.4. The van der Waals surface area contributed by atoms with Gasteiger partial charge in [0.05, 0.1) is 0 Å². The molecule has 1 N–H and O–H groups in total. The number of nitrogens with zero attached hydrogens (tertiary/aromatic N) is 1. The van der Waals surface area contributed by atoms with Gasteiger partial charge in [0.15, 0.2) is 5.76 Å². The van der Waals surface area contributed by atoms with Crippen LogP contribution in [0, 0.1) is 6.92 Å². The van der Waals surface area contributed by atoms with Crippen LogP contribution in [0.5, 0.6) is 0 Å². The Bertz CT molecular complexity index is 666. The number of hydrogen-bond acceptors (Lipinski definition) is 5. The first kappa shape index (κ1) is 14.9. The maximum atomic E-state index is 12.1. The number of carbonyl (C=O) groups is 1. The molecule has 1 aromatic heterocycles. The van der Waals surface area contributed by atoms with Gasteiger partial charge in [-0.2, -0.15) is 0 Å². The lowest BCUT2D eigenvalue weighted by molar-refractivity contribution is 0.0908. The molecule has 3 rings (SSSR count). The summed E-state index contributed by atoms with van der Waals surface area (Å²) >= 11 is 0. The Morgan fingerprint density at radius 1 is 1.43 bits per heavy atom. The number of nitrogens with one attached hydrogen (secondary N) is 1. The molecule has 0 bridgehead atoms. The van der Waals surface area contributed by atoms with Gasteiger partial charge in [-0.25, -0.2) is 8.42 Å². The molecule has 2 fully saturated rings. The highest BCUT2D eigenvalue weighted by atomic mass is 35.7. The van der Waals surface area contributed by atoms with E-state index in [1.54, 1.807) is 0 Å². The van der Waals surface area contributed by atoms with Crippen LogP contribution >= 0.6 is 10.7 Å². The van der Waals surface area contributed by atoms with E-state index in [1.807, 2.05) is 0 Å². The predicted molar refractivity (Wildman–Crippen MR) is 77.0 cm³/mol. The minimum Gasteiger partial charge on any atom is -0.455 e. The first-order chi connectivity index (χ1) is 9.84. The molecule has 21 heavy (non-hydrogen) atoms. The van der Waals surface area contributed by atoms with E-state index in [-0.39, 0.29) is 22.5 Å². The zero-order chi connectivity index (χ0) is 15.2. The smallest absolute Gasteiger partial charge is 0.287 e. The lowest BCUT2D eigenvalue weighted by Crippen LogP contribution is -2.37. The van der Waals surface area contributed by atoms with Crippen molar-refractivity contribution in [1.82, 2.24) is 10.2 Å². The minimum atomic E-state index is -3.89. The molecule has 6 nitrogen and oxygen atoms in total. The molecule has 1 aliphatic heterocycles. The zero-order valence-electron chi connectivity index (χ0n) is 11.6. The van der Waals surface area contributed by atoms with Crippen LogP contribution in [0.3, 0.4) is 0 Å². The summed E-state index contributed by atoms with van der Waals surface area (Å²) in [6.07, 6.45) is 3.40.